The monoisotopic (exact) mass is 223 g/mol. The van der Waals surface area contributed by atoms with Gasteiger partial charge in [-0.25, -0.2) is 4.79 Å². The van der Waals surface area contributed by atoms with Crippen LogP contribution in [0.5, 0.6) is 0 Å². The van der Waals surface area contributed by atoms with Crippen LogP contribution in [0, 0.1) is 0 Å². The van der Waals surface area contributed by atoms with Gasteiger partial charge in [0.2, 0.25) is 0 Å². The largest absolute Gasteiger partial charge is 0.394 e. The summed E-state index contributed by atoms with van der Waals surface area (Å²) in [6, 6.07) is 4.86. The first kappa shape index (κ1) is 10.7. The standard InChI is InChI=1S/C10H13N3O3/c14-4-7(5-15)11-6-1-2-8-9(3-6)13-10(16)12-8/h1-3,7,11,14-15H,4-5H2,(H2,12,13,16). The van der Waals surface area contributed by atoms with Gasteiger partial charge in [-0.2, -0.15) is 0 Å². The molecule has 0 aliphatic carbocycles. The molecule has 0 bridgehead atoms. The van der Waals surface area contributed by atoms with Crippen molar-refractivity contribution >= 4 is 16.7 Å². The van der Waals surface area contributed by atoms with E-state index in [1.54, 1.807) is 18.2 Å². The highest BCUT2D eigenvalue weighted by Gasteiger charge is 2.06. The molecule has 0 spiro atoms. The molecule has 6 heteroatoms. The van der Waals surface area contributed by atoms with E-state index in [2.05, 4.69) is 15.3 Å². The summed E-state index contributed by atoms with van der Waals surface area (Å²) < 4.78 is 0. The molecule has 5 N–H and O–H groups in total. The molecule has 0 atom stereocenters. The van der Waals surface area contributed by atoms with E-state index in [-0.39, 0.29) is 18.9 Å². The topological polar surface area (TPSA) is 101 Å². The number of aromatic nitrogens is 2. The SMILES string of the molecule is O=c1[nH]c2ccc(NC(CO)CO)cc2[nH]1. The first-order valence-electron chi connectivity index (χ1n) is 4.93. The summed E-state index contributed by atoms with van der Waals surface area (Å²) in [5.74, 6) is 0. The van der Waals surface area contributed by atoms with Gasteiger partial charge >= 0.3 is 5.69 Å². The van der Waals surface area contributed by atoms with E-state index >= 15 is 0 Å². The molecule has 6 nitrogen and oxygen atoms in total. The molecule has 1 heterocycles. The molecule has 0 aliphatic rings. The molecule has 0 unspecified atom stereocenters. The Kier molecular flexibility index (Phi) is 2.93. The summed E-state index contributed by atoms with van der Waals surface area (Å²) >= 11 is 0. The van der Waals surface area contributed by atoms with Crippen molar-refractivity contribution in [3.05, 3.63) is 28.7 Å². The maximum absolute atomic E-state index is 11.0. The van der Waals surface area contributed by atoms with Gasteiger partial charge in [0.05, 0.1) is 30.3 Å². The Balaban J connectivity index is 2.28. The van der Waals surface area contributed by atoms with Crippen LogP contribution in [0.1, 0.15) is 0 Å². The molecule has 0 radical (unpaired) electrons. The van der Waals surface area contributed by atoms with E-state index < -0.39 is 6.04 Å². The number of anilines is 1. The number of fused-ring (bicyclic) bond motifs is 1. The minimum atomic E-state index is -0.400. The predicted octanol–water partition coefficient (Wildman–Crippen LogP) is -0.379. The Bertz CT molecular complexity index is 527. The third-order valence-electron chi connectivity index (χ3n) is 2.33. The number of imidazole rings is 1. The number of hydrogen-bond acceptors (Lipinski definition) is 4. The fourth-order valence-corrected chi connectivity index (χ4v) is 1.51. The van der Waals surface area contributed by atoms with Crippen LogP contribution >= 0.6 is 0 Å². The van der Waals surface area contributed by atoms with Crippen LogP contribution in [-0.4, -0.2) is 39.4 Å². The molecule has 1 aromatic heterocycles. The van der Waals surface area contributed by atoms with Gasteiger partial charge in [-0.3, -0.25) is 0 Å². The average Bonchev–Trinajstić information content (AvgIpc) is 2.65. The number of H-pyrrole nitrogens is 2. The summed E-state index contributed by atoms with van der Waals surface area (Å²) in [6.07, 6.45) is 0. The number of nitrogens with one attached hydrogen (secondary N) is 3. The lowest BCUT2D eigenvalue weighted by Gasteiger charge is -2.14. The minimum Gasteiger partial charge on any atom is -0.394 e. The molecule has 0 aliphatic heterocycles. The molecule has 16 heavy (non-hydrogen) atoms. The van der Waals surface area contributed by atoms with Gasteiger partial charge in [0.25, 0.3) is 0 Å². The van der Waals surface area contributed by atoms with Crippen LogP contribution in [0.25, 0.3) is 11.0 Å². The first-order chi connectivity index (χ1) is 7.72. The van der Waals surface area contributed by atoms with Gasteiger partial charge in [0, 0.05) is 5.69 Å². The Morgan fingerprint density at radius 3 is 2.56 bits per heavy atom. The third kappa shape index (κ3) is 2.07. The quantitative estimate of drug-likeness (QED) is 0.487. The number of aliphatic hydroxyl groups is 2. The van der Waals surface area contributed by atoms with Crippen LogP contribution in [0.3, 0.4) is 0 Å². The van der Waals surface area contributed by atoms with Crippen molar-refractivity contribution < 1.29 is 10.2 Å². The number of rotatable bonds is 4. The number of hydrogen-bond donors (Lipinski definition) is 5. The predicted molar refractivity (Wildman–Crippen MR) is 60.5 cm³/mol. The molecule has 0 amide bonds. The third-order valence-corrected chi connectivity index (χ3v) is 2.33. The summed E-state index contributed by atoms with van der Waals surface area (Å²) in [4.78, 5) is 16.3. The lowest BCUT2D eigenvalue weighted by atomic mass is 10.2. The smallest absolute Gasteiger partial charge is 0.323 e. The molecular weight excluding hydrogens is 210 g/mol. The second-order valence-corrected chi connectivity index (χ2v) is 3.55. The van der Waals surface area contributed by atoms with Crippen molar-refractivity contribution in [1.82, 2.24) is 9.97 Å². The molecule has 0 saturated heterocycles. The number of benzene rings is 1. The van der Waals surface area contributed by atoms with Crippen LogP contribution < -0.4 is 11.0 Å². The molecule has 0 saturated carbocycles. The molecule has 0 fully saturated rings. The summed E-state index contributed by atoms with van der Waals surface area (Å²) in [7, 11) is 0. The van der Waals surface area contributed by atoms with Gasteiger partial charge in [0.15, 0.2) is 0 Å². The maximum atomic E-state index is 11.0. The van der Waals surface area contributed by atoms with Crippen molar-refractivity contribution in [1.29, 1.82) is 0 Å². The van der Waals surface area contributed by atoms with Gasteiger partial charge in [-0.15, -0.1) is 0 Å². The van der Waals surface area contributed by atoms with Crippen molar-refractivity contribution in [2.75, 3.05) is 18.5 Å². The molecule has 86 valence electrons. The fourth-order valence-electron chi connectivity index (χ4n) is 1.51. The van der Waals surface area contributed by atoms with E-state index in [1.807, 2.05) is 0 Å². The Labute approximate surface area is 90.9 Å². The van der Waals surface area contributed by atoms with E-state index in [0.717, 1.165) is 11.2 Å². The summed E-state index contributed by atoms with van der Waals surface area (Å²) in [5, 5.41) is 20.8. The van der Waals surface area contributed by atoms with Crippen molar-refractivity contribution in [2.24, 2.45) is 0 Å². The van der Waals surface area contributed by atoms with Crippen LogP contribution in [0.2, 0.25) is 0 Å². The highest BCUT2D eigenvalue weighted by atomic mass is 16.3. The zero-order chi connectivity index (χ0) is 11.5. The first-order valence-corrected chi connectivity index (χ1v) is 4.93. The van der Waals surface area contributed by atoms with Crippen molar-refractivity contribution in [2.45, 2.75) is 6.04 Å². The lowest BCUT2D eigenvalue weighted by molar-refractivity contribution is 0.204. The summed E-state index contributed by atoms with van der Waals surface area (Å²) in [6.45, 7) is -0.309. The van der Waals surface area contributed by atoms with Crippen molar-refractivity contribution in [3.63, 3.8) is 0 Å². The fraction of sp³-hybridized carbons (Fsp3) is 0.300. The van der Waals surface area contributed by atoms with E-state index in [4.69, 9.17) is 10.2 Å². The Morgan fingerprint density at radius 2 is 1.88 bits per heavy atom. The highest BCUT2D eigenvalue weighted by Crippen LogP contribution is 2.15. The number of aliphatic hydroxyl groups excluding tert-OH is 2. The zero-order valence-electron chi connectivity index (χ0n) is 8.53. The lowest BCUT2D eigenvalue weighted by Crippen LogP contribution is -2.27. The van der Waals surface area contributed by atoms with Crippen LogP contribution in [0.15, 0.2) is 23.0 Å². The van der Waals surface area contributed by atoms with Gasteiger partial charge in [0.1, 0.15) is 0 Å². The minimum absolute atomic E-state index is 0.155. The molecule has 2 rings (SSSR count). The Hall–Kier alpha value is -1.79. The zero-order valence-corrected chi connectivity index (χ0v) is 8.53. The second kappa shape index (κ2) is 4.38. The van der Waals surface area contributed by atoms with E-state index in [0.29, 0.717) is 5.52 Å². The van der Waals surface area contributed by atoms with Crippen LogP contribution in [-0.2, 0) is 0 Å². The normalized spacial score (nSPS) is 11.2. The summed E-state index contributed by atoms with van der Waals surface area (Å²) in [5.41, 5.74) is 1.88. The second-order valence-electron chi connectivity index (χ2n) is 3.55. The maximum Gasteiger partial charge on any atom is 0.323 e. The molecular formula is C10H13N3O3. The molecule has 2 aromatic rings. The van der Waals surface area contributed by atoms with Gasteiger partial charge in [-0.05, 0) is 18.2 Å². The van der Waals surface area contributed by atoms with E-state index in [9.17, 15) is 4.79 Å². The van der Waals surface area contributed by atoms with Gasteiger partial charge < -0.3 is 25.5 Å². The van der Waals surface area contributed by atoms with Crippen molar-refractivity contribution in [3.8, 4) is 0 Å². The Morgan fingerprint density at radius 1 is 1.19 bits per heavy atom. The molecule has 1 aromatic carbocycles. The number of aromatic amines is 2. The highest BCUT2D eigenvalue weighted by molar-refractivity contribution is 5.78. The van der Waals surface area contributed by atoms with Gasteiger partial charge in [-0.1, -0.05) is 0 Å². The van der Waals surface area contributed by atoms with E-state index in [1.165, 1.54) is 0 Å². The average molecular weight is 223 g/mol. The van der Waals surface area contributed by atoms with Crippen LogP contribution in [0.4, 0.5) is 5.69 Å².